The Bertz CT molecular complexity index is 356. The highest BCUT2D eigenvalue weighted by molar-refractivity contribution is 5.08. The van der Waals surface area contributed by atoms with Gasteiger partial charge in [-0.1, -0.05) is 6.07 Å². The number of hydrogen-bond acceptors (Lipinski definition) is 4. The van der Waals surface area contributed by atoms with E-state index >= 15 is 0 Å². The standard InChI is InChI=1S/C15H25N3O/c1-13(2)18-8-9-19-15(12-18)11-17-7-5-14-4-3-6-16-10-14/h3-4,6,10,13,15,17H,5,7-9,11-12H2,1-2H3. The number of rotatable bonds is 6. The van der Waals surface area contributed by atoms with Crippen LogP contribution in [0.4, 0.5) is 0 Å². The van der Waals surface area contributed by atoms with Crippen molar-refractivity contribution in [3.8, 4) is 0 Å². The minimum absolute atomic E-state index is 0.324. The summed E-state index contributed by atoms with van der Waals surface area (Å²) in [5, 5.41) is 3.48. The molecule has 1 aromatic heterocycles. The Labute approximate surface area is 116 Å². The molecule has 1 fully saturated rings. The molecule has 106 valence electrons. The van der Waals surface area contributed by atoms with Gasteiger partial charge in [0.25, 0.3) is 0 Å². The summed E-state index contributed by atoms with van der Waals surface area (Å²) in [6.07, 6.45) is 5.09. The molecule has 0 saturated carbocycles. The summed E-state index contributed by atoms with van der Waals surface area (Å²) in [6.45, 7) is 9.36. The van der Waals surface area contributed by atoms with Crippen LogP contribution in [-0.2, 0) is 11.2 Å². The number of hydrogen-bond donors (Lipinski definition) is 1. The molecule has 1 N–H and O–H groups in total. The quantitative estimate of drug-likeness (QED) is 0.786. The number of nitrogens with one attached hydrogen (secondary N) is 1. The lowest BCUT2D eigenvalue weighted by molar-refractivity contribution is -0.0370. The lowest BCUT2D eigenvalue weighted by atomic mass is 10.2. The Morgan fingerprint density at radius 1 is 1.53 bits per heavy atom. The molecule has 4 nitrogen and oxygen atoms in total. The Kier molecular flexibility index (Phi) is 5.76. The molecule has 2 rings (SSSR count). The van der Waals surface area contributed by atoms with Crippen LogP contribution in [0.5, 0.6) is 0 Å². The van der Waals surface area contributed by atoms with Crippen LogP contribution in [0, 0.1) is 0 Å². The molecule has 19 heavy (non-hydrogen) atoms. The van der Waals surface area contributed by atoms with E-state index in [1.807, 2.05) is 18.5 Å². The van der Waals surface area contributed by atoms with Crippen molar-refractivity contribution in [3.05, 3.63) is 30.1 Å². The molecule has 0 amide bonds. The Hall–Kier alpha value is -0.970. The first-order chi connectivity index (χ1) is 9.25. The van der Waals surface area contributed by atoms with Gasteiger partial charge >= 0.3 is 0 Å². The van der Waals surface area contributed by atoms with Crippen molar-refractivity contribution < 1.29 is 4.74 Å². The minimum atomic E-state index is 0.324. The van der Waals surface area contributed by atoms with Crippen molar-refractivity contribution in [3.63, 3.8) is 0 Å². The minimum Gasteiger partial charge on any atom is -0.374 e. The second kappa shape index (κ2) is 7.58. The third-order valence-corrected chi connectivity index (χ3v) is 3.59. The lowest BCUT2D eigenvalue weighted by Gasteiger charge is -2.35. The Morgan fingerprint density at radius 3 is 3.16 bits per heavy atom. The predicted molar refractivity (Wildman–Crippen MR) is 77.3 cm³/mol. The summed E-state index contributed by atoms with van der Waals surface area (Å²) in [7, 11) is 0. The van der Waals surface area contributed by atoms with E-state index in [-0.39, 0.29) is 0 Å². The van der Waals surface area contributed by atoms with Gasteiger partial charge in [-0.15, -0.1) is 0 Å². The molecule has 1 unspecified atom stereocenters. The highest BCUT2D eigenvalue weighted by atomic mass is 16.5. The van der Waals surface area contributed by atoms with Crippen molar-refractivity contribution in [2.24, 2.45) is 0 Å². The summed E-state index contributed by atoms with van der Waals surface area (Å²) in [5.41, 5.74) is 1.28. The largest absolute Gasteiger partial charge is 0.374 e. The highest BCUT2D eigenvalue weighted by Crippen LogP contribution is 2.08. The molecule has 0 aromatic carbocycles. The van der Waals surface area contributed by atoms with Gasteiger partial charge in [-0.05, 0) is 38.4 Å². The fourth-order valence-electron chi connectivity index (χ4n) is 2.38. The zero-order valence-corrected chi connectivity index (χ0v) is 12.0. The molecular weight excluding hydrogens is 238 g/mol. The fraction of sp³-hybridized carbons (Fsp3) is 0.667. The van der Waals surface area contributed by atoms with Crippen molar-refractivity contribution in [1.29, 1.82) is 0 Å². The van der Waals surface area contributed by atoms with Gasteiger partial charge < -0.3 is 10.1 Å². The maximum absolute atomic E-state index is 5.79. The van der Waals surface area contributed by atoms with E-state index in [2.05, 4.69) is 35.1 Å². The van der Waals surface area contributed by atoms with Crippen LogP contribution >= 0.6 is 0 Å². The molecule has 1 aliphatic heterocycles. The molecule has 1 saturated heterocycles. The van der Waals surface area contributed by atoms with Gasteiger partial charge in [-0.2, -0.15) is 0 Å². The summed E-state index contributed by atoms with van der Waals surface area (Å²) >= 11 is 0. The van der Waals surface area contributed by atoms with Gasteiger partial charge in [0.05, 0.1) is 12.7 Å². The first-order valence-corrected chi connectivity index (χ1v) is 7.21. The van der Waals surface area contributed by atoms with Gasteiger partial charge in [-0.3, -0.25) is 9.88 Å². The molecule has 4 heteroatoms. The van der Waals surface area contributed by atoms with E-state index in [1.165, 1.54) is 5.56 Å². The first-order valence-electron chi connectivity index (χ1n) is 7.21. The van der Waals surface area contributed by atoms with Crippen molar-refractivity contribution in [1.82, 2.24) is 15.2 Å². The Morgan fingerprint density at radius 2 is 2.42 bits per heavy atom. The van der Waals surface area contributed by atoms with E-state index in [0.717, 1.165) is 39.2 Å². The van der Waals surface area contributed by atoms with Gasteiger partial charge in [0.15, 0.2) is 0 Å². The SMILES string of the molecule is CC(C)N1CCOC(CNCCc2cccnc2)C1. The van der Waals surface area contributed by atoms with Crippen LogP contribution in [0.25, 0.3) is 0 Å². The number of nitrogens with zero attached hydrogens (tertiary/aromatic N) is 2. The summed E-state index contributed by atoms with van der Waals surface area (Å²) < 4.78 is 5.79. The second-order valence-corrected chi connectivity index (χ2v) is 5.40. The van der Waals surface area contributed by atoms with Crippen molar-refractivity contribution in [2.75, 3.05) is 32.8 Å². The first kappa shape index (κ1) is 14.4. The van der Waals surface area contributed by atoms with Gasteiger partial charge in [-0.25, -0.2) is 0 Å². The molecule has 0 radical (unpaired) electrons. The normalized spacial score (nSPS) is 20.9. The summed E-state index contributed by atoms with van der Waals surface area (Å²) in [6, 6.07) is 4.72. The van der Waals surface area contributed by atoms with E-state index in [9.17, 15) is 0 Å². The fourth-order valence-corrected chi connectivity index (χ4v) is 2.38. The Balaban J connectivity index is 1.63. The predicted octanol–water partition coefficient (Wildman–Crippen LogP) is 1.32. The summed E-state index contributed by atoms with van der Waals surface area (Å²) in [5.74, 6) is 0. The maximum Gasteiger partial charge on any atom is 0.0826 e. The molecule has 1 atom stereocenters. The van der Waals surface area contributed by atoms with E-state index in [4.69, 9.17) is 4.74 Å². The van der Waals surface area contributed by atoms with Gasteiger partial charge in [0, 0.05) is 38.1 Å². The van der Waals surface area contributed by atoms with Crippen LogP contribution in [0.1, 0.15) is 19.4 Å². The molecule has 0 bridgehead atoms. The van der Waals surface area contributed by atoms with Gasteiger partial charge in [0.1, 0.15) is 0 Å². The number of pyridine rings is 1. The monoisotopic (exact) mass is 263 g/mol. The van der Waals surface area contributed by atoms with Crippen molar-refractivity contribution >= 4 is 0 Å². The summed E-state index contributed by atoms with van der Waals surface area (Å²) in [4.78, 5) is 6.61. The average molecular weight is 263 g/mol. The molecule has 2 heterocycles. The van der Waals surface area contributed by atoms with Crippen LogP contribution < -0.4 is 5.32 Å². The van der Waals surface area contributed by atoms with Crippen LogP contribution in [-0.4, -0.2) is 54.8 Å². The van der Waals surface area contributed by atoms with Crippen LogP contribution in [0.15, 0.2) is 24.5 Å². The van der Waals surface area contributed by atoms with E-state index < -0.39 is 0 Å². The van der Waals surface area contributed by atoms with E-state index in [1.54, 1.807) is 0 Å². The van der Waals surface area contributed by atoms with Crippen LogP contribution in [0.2, 0.25) is 0 Å². The highest BCUT2D eigenvalue weighted by Gasteiger charge is 2.21. The zero-order valence-electron chi connectivity index (χ0n) is 12.0. The van der Waals surface area contributed by atoms with Crippen LogP contribution in [0.3, 0.4) is 0 Å². The number of morpholine rings is 1. The second-order valence-electron chi connectivity index (χ2n) is 5.40. The lowest BCUT2D eigenvalue weighted by Crippen LogP contribution is -2.49. The third kappa shape index (κ3) is 4.90. The average Bonchev–Trinajstić information content (AvgIpc) is 2.45. The van der Waals surface area contributed by atoms with Crippen molar-refractivity contribution in [2.45, 2.75) is 32.4 Å². The molecule has 1 aromatic rings. The molecule has 0 aliphatic carbocycles. The maximum atomic E-state index is 5.79. The number of aromatic nitrogens is 1. The topological polar surface area (TPSA) is 37.4 Å². The zero-order chi connectivity index (χ0) is 13.5. The molecular formula is C15H25N3O. The van der Waals surface area contributed by atoms with E-state index in [0.29, 0.717) is 12.1 Å². The van der Waals surface area contributed by atoms with Gasteiger partial charge in [0.2, 0.25) is 0 Å². The smallest absolute Gasteiger partial charge is 0.0826 e. The number of ether oxygens (including phenoxy) is 1. The molecule has 0 spiro atoms. The third-order valence-electron chi connectivity index (χ3n) is 3.59. The molecule has 1 aliphatic rings.